The third kappa shape index (κ3) is 2.18. The molecule has 2 heterocycles. The highest BCUT2D eigenvalue weighted by Gasteiger charge is 2.19. The van der Waals surface area contributed by atoms with E-state index in [1.165, 1.54) is 4.68 Å². The van der Waals surface area contributed by atoms with E-state index in [0.717, 1.165) is 48.2 Å². The fraction of sp³-hybridized carbons (Fsp3) is 0.250. The minimum absolute atomic E-state index is 0.00621. The van der Waals surface area contributed by atoms with Gasteiger partial charge in [0.2, 0.25) is 5.95 Å². The minimum Gasteiger partial charge on any atom is -0.322 e. The second kappa shape index (κ2) is 5.18. The van der Waals surface area contributed by atoms with E-state index in [1.807, 2.05) is 24.3 Å². The second-order valence-electron chi connectivity index (χ2n) is 5.54. The molecule has 6 heteroatoms. The normalized spacial score (nSPS) is 14.0. The Hall–Kier alpha value is -2.27. The molecule has 22 heavy (non-hydrogen) atoms. The Labute approximate surface area is 132 Å². The van der Waals surface area contributed by atoms with Crippen molar-refractivity contribution in [2.75, 3.05) is 0 Å². The molecule has 0 radical (unpaired) electrons. The summed E-state index contributed by atoms with van der Waals surface area (Å²) in [5.41, 5.74) is 3.78. The smallest absolute Gasteiger partial charge is 0.277 e. The lowest BCUT2D eigenvalue weighted by molar-refractivity contribution is 0.669. The number of aryl methyl sites for hydroxylation is 1. The van der Waals surface area contributed by atoms with Crippen molar-refractivity contribution >= 4 is 11.6 Å². The van der Waals surface area contributed by atoms with Gasteiger partial charge in [0.05, 0.1) is 11.9 Å². The van der Waals surface area contributed by atoms with E-state index in [-0.39, 0.29) is 5.56 Å². The molecular formula is C16H15ClN4O. The Balaban J connectivity index is 1.74. The number of aromatic nitrogens is 4. The van der Waals surface area contributed by atoms with E-state index in [2.05, 4.69) is 15.1 Å². The van der Waals surface area contributed by atoms with E-state index < -0.39 is 0 Å². The molecule has 0 unspecified atom stereocenters. The maximum absolute atomic E-state index is 12.5. The number of aromatic amines is 2. The zero-order valence-electron chi connectivity index (χ0n) is 11.9. The second-order valence-corrected chi connectivity index (χ2v) is 5.98. The Morgan fingerprint density at radius 1 is 1.14 bits per heavy atom. The summed E-state index contributed by atoms with van der Waals surface area (Å²) in [6.07, 6.45) is 5.71. The number of fused-ring (bicyclic) bond motifs is 1. The summed E-state index contributed by atoms with van der Waals surface area (Å²) in [5.74, 6) is 0.518. The van der Waals surface area contributed by atoms with Gasteiger partial charge in [0.25, 0.3) is 5.56 Å². The lowest BCUT2D eigenvalue weighted by Crippen LogP contribution is -2.19. The Bertz CT molecular complexity index is 872. The molecule has 0 aliphatic heterocycles. The first-order valence-electron chi connectivity index (χ1n) is 7.36. The molecule has 1 aliphatic rings. The van der Waals surface area contributed by atoms with Gasteiger partial charge in [0, 0.05) is 16.3 Å². The Morgan fingerprint density at radius 2 is 1.91 bits per heavy atom. The first kappa shape index (κ1) is 13.4. The number of halogens is 1. The van der Waals surface area contributed by atoms with Crippen LogP contribution in [0.25, 0.3) is 17.2 Å². The summed E-state index contributed by atoms with van der Waals surface area (Å²) < 4.78 is 1.51. The molecule has 112 valence electrons. The number of benzene rings is 1. The highest BCUT2D eigenvalue weighted by Crippen LogP contribution is 2.21. The number of nitrogens with zero attached hydrogens (tertiary/aromatic N) is 2. The number of rotatable bonds is 2. The van der Waals surface area contributed by atoms with E-state index in [0.29, 0.717) is 11.0 Å². The van der Waals surface area contributed by atoms with E-state index in [1.54, 1.807) is 6.20 Å². The highest BCUT2D eigenvalue weighted by atomic mass is 35.5. The van der Waals surface area contributed by atoms with Crippen LogP contribution in [-0.2, 0) is 12.8 Å². The maximum atomic E-state index is 12.5. The zero-order valence-corrected chi connectivity index (χ0v) is 12.7. The molecule has 0 saturated heterocycles. The van der Waals surface area contributed by atoms with Crippen LogP contribution >= 0.6 is 11.6 Å². The van der Waals surface area contributed by atoms with Crippen LogP contribution < -0.4 is 5.56 Å². The summed E-state index contributed by atoms with van der Waals surface area (Å²) >= 11 is 5.90. The van der Waals surface area contributed by atoms with Crippen LogP contribution in [-0.4, -0.2) is 19.7 Å². The summed E-state index contributed by atoms with van der Waals surface area (Å²) in [6.45, 7) is 0. The van der Waals surface area contributed by atoms with Gasteiger partial charge in [-0.05, 0) is 43.4 Å². The molecule has 0 amide bonds. The van der Waals surface area contributed by atoms with Crippen molar-refractivity contribution < 1.29 is 0 Å². The van der Waals surface area contributed by atoms with Crippen molar-refractivity contribution in [3.8, 4) is 17.2 Å². The molecule has 1 aliphatic carbocycles. The molecule has 2 aromatic heterocycles. The van der Waals surface area contributed by atoms with Crippen LogP contribution in [0.3, 0.4) is 0 Å². The molecule has 0 spiro atoms. The zero-order chi connectivity index (χ0) is 15.1. The number of H-pyrrole nitrogens is 2. The maximum Gasteiger partial charge on any atom is 0.277 e. The van der Waals surface area contributed by atoms with Crippen LogP contribution in [0.5, 0.6) is 0 Å². The number of nitrogens with one attached hydrogen (secondary N) is 2. The average Bonchev–Trinajstić information content (AvgIpc) is 3.14. The Kier molecular flexibility index (Phi) is 3.15. The van der Waals surface area contributed by atoms with Crippen molar-refractivity contribution in [3.05, 3.63) is 57.1 Å². The fourth-order valence-electron chi connectivity index (χ4n) is 2.94. The lowest BCUT2D eigenvalue weighted by atomic mass is 9.98. The van der Waals surface area contributed by atoms with Gasteiger partial charge in [0.1, 0.15) is 0 Å². The van der Waals surface area contributed by atoms with Gasteiger partial charge in [-0.3, -0.25) is 9.89 Å². The summed E-state index contributed by atoms with van der Waals surface area (Å²) in [7, 11) is 0. The third-order valence-electron chi connectivity index (χ3n) is 4.11. The monoisotopic (exact) mass is 314 g/mol. The van der Waals surface area contributed by atoms with Gasteiger partial charge >= 0.3 is 0 Å². The SMILES string of the molecule is O=c1c2c([nH]n1-c1ncc(-c3ccc(Cl)cc3)[nH]1)CCCC2. The topological polar surface area (TPSA) is 66.5 Å². The van der Waals surface area contributed by atoms with Gasteiger partial charge in [-0.2, -0.15) is 4.68 Å². The average molecular weight is 315 g/mol. The molecular weight excluding hydrogens is 300 g/mol. The third-order valence-corrected chi connectivity index (χ3v) is 4.36. The van der Waals surface area contributed by atoms with Crippen LogP contribution in [0.2, 0.25) is 5.02 Å². The molecule has 0 bridgehead atoms. The fourth-order valence-corrected chi connectivity index (χ4v) is 3.06. The molecule has 5 nitrogen and oxygen atoms in total. The molecule has 2 N–H and O–H groups in total. The van der Waals surface area contributed by atoms with Crippen LogP contribution in [0.1, 0.15) is 24.1 Å². The molecule has 1 aromatic carbocycles. The van der Waals surface area contributed by atoms with Crippen molar-refractivity contribution in [1.82, 2.24) is 19.7 Å². The molecule has 3 aromatic rings. The highest BCUT2D eigenvalue weighted by molar-refractivity contribution is 6.30. The largest absolute Gasteiger partial charge is 0.322 e. The van der Waals surface area contributed by atoms with Gasteiger partial charge < -0.3 is 4.98 Å². The lowest BCUT2D eigenvalue weighted by Gasteiger charge is -2.07. The quantitative estimate of drug-likeness (QED) is 0.763. The van der Waals surface area contributed by atoms with Crippen molar-refractivity contribution in [1.29, 1.82) is 0 Å². The first-order valence-corrected chi connectivity index (χ1v) is 7.74. The number of hydrogen-bond acceptors (Lipinski definition) is 2. The molecule has 0 fully saturated rings. The summed E-state index contributed by atoms with van der Waals surface area (Å²) in [6, 6.07) is 7.50. The summed E-state index contributed by atoms with van der Waals surface area (Å²) in [5, 5.41) is 3.87. The van der Waals surface area contributed by atoms with Gasteiger partial charge in [-0.1, -0.05) is 23.7 Å². The predicted octanol–water partition coefficient (Wildman–Crippen LogP) is 3.09. The van der Waals surface area contributed by atoms with Crippen LogP contribution in [0, 0.1) is 0 Å². The number of hydrogen-bond donors (Lipinski definition) is 2. The van der Waals surface area contributed by atoms with Gasteiger partial charge in [-0.25, -0.2) is 4.98 Å². The predicted molar refractivity (Wildman–Crippen MR) is 85.6 cm³/mol. The standard InChI is InChI=1S/C16H15ClN4O/c17-11-7-5-10(6-8-11)14-9-18-16(19-14)21-15(22)12-3-1-2-4-13(12)20-21/h5-9,20H,1-4H2,(H,18,19). The van der Waals surface area contributed by atoms with Crippen molar-refractivity contribution in [3.63, 3.8) is 0 Å². The minimum atomic E-state index is 0.00621. The van der Waals surface area contributed by atoms with Crippen molar-refractivity contribution in [2.24, 2.45) is 0 Å². The van der Waals surface area contributed by atoms with E-state index in [9.17, 15) is 4.79 Å². The first-order chi connectivity index (χ1) is 10.7. The number of imidazole rings is 1. The molecule has 4 rings (SSSR count). The van der Waals surface area contributed by atoms with E-state index >= 15 is 0 Å². The van der Waals surface area contributed by atoms with E-state index in [4.69, 9.17) is 11.6 Å². The molecule has 0 atom stereocenters. The van der Waals surface area contributed by atoms with Crippen LogP contribution in [0.15, 0.2) is 35.3 Å². The Morgan fingerprint density at radius 3 is 2.68 bits per heavy atom. The summed E-state index contributed by atoms with van der Waals surface area (Å²) in [4.78, 5) is 20.0. The van der Waals surface area contributed by atoms with Crippen molar-refractivity contribution in [2.45, 2.75) is 25.7 Å². The van der Waals surface area contributed by atoms with Gasteiger partial charge in [-0.15, -0.1) is 0 Å². The van der Waals surface area contributed by atoms with Gasteiger partial charge in [0.15, 0.2) is 0 Å². The van der Waals surface area contributed by atoms with Crippen LogP contribution in [0.4, 0.5) is 0 Å². The molecule has 0 saturated carbocycles.